The summed E-state index contributed by atoms with van der Waals surface area (Å²) in [4.78, 5) is 11.4. The van der Waals surface area contributed by atoms with E-state index >= 15 is 0 Å². The second kappa shape index (κ2) is 7.32. The maximum Gasteiger partial charge on any atom is 0.415 e. The van der Waals surface area contributed by atoms with Gasteiger partial charge in [0.1, 0.15) is 18.6 Å². The third-order valence-corrected chi connectivity index (χ3v) is 4.08. The number of alkyl halides is 2. The minimum atomic E-state index is -4.05. The van der Waals surface area contributed by atoms with Gasteiger partial charge in [-0.3, -0.25) is 5.04 Å². The van der Waals surface area contributed by atoms with Crippen molar-refractivity contribution in [1.29, 1.82) is 0 Å². The van der Waals surface area contributed by atoms with Crippen LogP contribution in [0, 0.1) is 0 Å². The summed E-state index contributed by atoms with van der Waals surface area (Å²) in [5.41, 5.74) is 0.555. The first-order valence-electron chi connectivity index (χ1n) is 7.11. The Kier molecular flexibility index (Phi) is 5.14. The van der Waals surface area contributed by atoms with Crippen LogP contribution in [0.3, 0.4) is 0 Å². The van der Waals surface area contributed by atoms with Crippen LogP contribution < -0.4 is 5.26 Å². The van der Waals surface area contributed by atoms with E-state index < -0.39 is 23.3 Å². The molecule has 0 saturated carbocycles. The van der Waals surface area contributed by atoms with Gasteiger partial charge in [0.15, 0.2) is 0 Å². The molecule has 0 atom stereocenters. The van der Waals surface area contributed by atoms with Crippen molar-refractivity contribution >= 4 is 39.6 Å². The van der Waals surface area contributed by atoms with Crippen LogP contribution >= 0.6 is 12.0 Å². The maximum absolute atomic E-state index is 13.3. The van der Waals surface area contributed by atoms with Gasteiger partial charge in [0.05, 0.1) is 0 Å². The van der Waals surface area contributed by atoms with E-state index in [-0.39, 0.29) is 6.61 Å². The minimum absolute atomic E-state index is 0.341. The number of ether oxygens (including phenoxy) is 1. The summed E-state index contributed by atoms with van der Waals surface area (Å²) in [5.74, 6) is -1.83. The van der Waals surface area contributed by atoms with E-state index in [9.17, 15) is 18.8 Å². The van der Waals surface area contributed by atoms with E-state index in [1.165, 1.54) is 0 Å². The van der Waals surface area contributed by atoms with Gasteiger partial charge < -0.3 is 9.99 Å². The van der Waals surface area contributed by atoms with Crippen molar-refractivity contribution in [2.45, 2.75) is 11.9 Å². The molecule has 5 nitrogen and oxygen atoms in total. The highest BCUT2D eigenvalue weighted by atomic mass is 32.2. The summed E-state index contributed by atoms with van der Waals surface area (Å²) < 4.78 is 34.7. The van der Waals surface area contributed by atoms with Gasteiger partial charge in [0, 0.05) is 0 Å². The fraction of sp³-hybridized carbons (Fsp3) is 0.118. The Morgan fingerprint density at radius 1 is 1.04 bits per heavy atom. The third kappa shape index (κ3) is 3.88. The van der Waals surface area contributed by atoms with Crippen LogP contribution in [0.2, 0.25) is 0 Å². The van der Waals surface area contributed by atoms with Gasteiger partial charge in [-0.2, -0.15) is 13.1 Å². The average molecular weight is 365 g/mol. The molecule has 0 aliphatic carbocycles. The van der Waals surface area contributed by atoms with Gasteiger partial charge in [-0.1, -0.05) is 48.5 Å². The molecule has 0 N–H and O–H groups in total. The third-order valence-electron chi connectivity index (χ3n) is 3.59. The van der Waals surface area contributed by atoms with Crippen LogP contribution in [0.5, 0.6) is 0 Å². The molecular formula is C17H11F2O5S-. The second-order valence-electron chi connectivity index (χ2n) is 5.15. The first-order valence-corrected chi connectivity index (χ1v) is 7.85. The van der Waals surface area contributed by atoms with Gasteiger partial charge >= 0.3 is 11.2 Å². The number of fused-ring (bicyclic) bond motifs is 3. The van der Waals surface area contributed by atoms with Crippen molar-refractivity contribution in [1.82, 2.24) is 0 Å². The van der Waals surface area contributed by atoms with Crippen LogP contribution in [-0.2, 0) is 25.5 Å². The fourth-order valence-corrected chi connectivity index (χ4v) is 2.70. The molecule has 8 heteroatoms. The van der Waals surface area contributed by atoms with Crippen LogP contribution in [0.4, 0.5) is 8.78 Å². The SMILES string of the molecule is O=C(OCc1ccc2ccc3ccccc3c2c1)C(F)(F)SOO[O-]. The molecule has 0 aromatic heterocycles. The predicted octanol–water partition coefficient (Wildman–Crippen LogP) is 3.50. The highest BCUT2D eigenvalue weighted by Crippen LogP contribution is 2.32. The molecule has 0 radical (unpaired) electrons. The smallest absolute Gasteiger partial charge is 0.415 e. The molecule has 0 fully saturated rings. The number of rotatable bonds is 6. The lowest BCUT2D eigenvalue weighted by atomic mass is 10.0. The van der Waals surface area contributed by atoms with Gasteiger partial charge in [0.2, 0.25) is 0 Å². The molecule has 0 aliphatic heterocycles. The molecule has 130 valence electrons. The zero-order valence-electron chi connectivity index (χ0n) is 12.6. The number of hydrogen-bond donors (Lipinski definition) is 0. The molecule has 0 spiro atoms. The Morgan fingerprint density at radius 3 is 2.48 bits per heavy atom. The second-order valence-corrected chi connectivity index (χ2v) is 5.97. The van der Waals surface area contributed by atoms with Gasteiger partial charge in [-0.15, -0.1) is 0 Å². The Morgan fingerprint density at radius 2 is 1.72 bits per heavy atom. The molecule has 25 heavy (non-hydrogen) atoms. The lowest BCUT2D eigenvalue weighted by molar-refractivity contribution is -0.777. The van der Waals surface area contributed by atoms with Crippen LogP contribution in [0.15, 0.2) is 54.6 Å². The standard InChI is InChI=1S/C17H12F2O5S/c18-17(19,25-24-23-21)16(20)22-10-11-5-6-13-8-7-12-3-1-2-4-14(12)15(13)9-11/h1-9,21H,10H2/p-1. The highest BCUT2D eigenvalue weighted by molar-refractivity contribution is 7.96. The van der Waals surface area contributed by atoms with E-state index in [2.05, 4.69) is 14.1 Å². The van der Waals surface area contributed by atoms with Crippen molar-refractivity contribution in [3.05, 3.63) is 60.2 Å². The molecule has 0 bridgehead atoms. The minimum Gasteiger partial charge on any atom is -0.691 e. The summed E-state index contributed by atoms with van der Waals surface area (Å²) >= 11 is -0.716. The normalized spacial score (nSPS) is 11.8. The number of hydrogen-bond acceptors (Lipinski definition) is 6. The van der Waals surface area contributed by atoms with Crippen molar-refractivity contribution in [3.8, 4) is 0 Å². The molecule has 0 aliphatic rings. The highest BCUT2D eigenvalue weighted by Gasteiger charge is 2.43. The monoisotopic (exact) mass is 365 g/mol. The largest absolute Gasteiger partial charge is 0.691 e. The molecule has 3 rings (SSSR count). The topological polar surface area (TPSA) is 67.8 Å². The number of benzene rings is 3. The van der Waals surface area contributed by atoms with Crippen LogP contribution in [0.1, 0.15) is 5.56 Å². The van der Waals surface area contributed by atoms with E-state index in [0.717, 1.165) is 21.5 Å². The molecule has 0 heterocycles. The quantitative estimate of drug-likeness (QED) is 0.219. The van der Waals surface area contributed by atoms with Crippen LogP contribution in [0.25, 0.3) is 21.5 Å². The molecule has 3 aromatic rings. The van der Waals surface area contributed by atoms with Crippen LogP contribution in [-0.4, -0.2) is 11.2 Å². The first-order chi connectivity index (χ1) is 12.0. The molecule has 0 saturated heterocycles. The number of esters is 1. The fourth-order valence-electron chi connectivity index (χ4n) is 2.46. The Labute approximate surface area is 145 Å². The summed E-state index contributed by atoms with van der Waals surface area (Å²) in [6.45, 7) is -0.341. The van der Waals surface area contributed by atoms with E-state index in [4.69, 9.17) is 0 Å². The van der Waals surface area contributed by atoms with E-state index in [0.29, 0.717) is 5.56 Å². The lowest BCUT2D eigenvalue weighted by Crippen LogP contribution is -2.27. The van der Waals surface area contributed by atoms with Crippen molar-refractivity contribution in [2.75, 3.05) is 0 Å². The Bertz CT molecular complexity index is 916. The number of carbonyl (C=O) groups excluding carboxylic acids is 1. The van der Waals surface area contributed by atoms with Gasteiger partial charge in [-0.25, -0.2) is 4.79 Å². The summed E-state index contributed by atoms with van der Waals surface area (Å²) in [6, 6.07) is 17.0. The average Bonchev–Trinajstić information content (AvgIpc) is 2.64. The van der Waals surface area contributed by atoms with Crippen molar-refractivity contribution in [2.24, 2.45) is 0 Å². The molecule has 0 unspecified atom stereocenters. The number of halogens is 2. The predicted molar refractivity (Wildman–Crippen MR) is 86.0 cm³/mol. The van der Waals surface area contributed by atoms with Crippen molar-refractivity contribution in [3.63, 3.8) is 0 Å². The van der Waals surface area contributed by atoms with Crippen molar-refractivity contribution < 1.29 is 32.9 Å². The van der Waals surface area contributed by atoms with E-state index in [1.807, 2.05) is 42.5 Å². The maximum atomic E-state index is 13.3. The number of carbonyl (C=O) groups is 1. The molecular weight excluding hydrogens is 354 g/mol. The first kappa shape index (κ1) is 17.6. The Balaban J connectivity index is 1.80. The molecule has 3 aromatic carbocycles. The lowest BCUT2D eigenvalue weighted by Gasteiger charge is -2.14. The zero-order chi connectivity index (χ0) is 17.9. The summed E-state index contributed by atoms with van der Waals surface area (Å²) in [7, 11) is 0. The molecule has 0 amide bonds. The van der Waals surface area contributed by atoms with E-state index in [1.54, 1.807) is 12.1 Å². The summed E-state index contributed by atoms with van der Waals surface area (Å²) in [5, 5.41) is 12.3. The van der Waals surface area contributed by atoms with Gasteiger partial charge in [-0.05, 0) is 33.2 Å². The Hall–Kier alpha value is -2.26. The summed E-state index contributed by atoms with van der Waals surface area (Å²) in [6.07, 6.45) is 0. The van der Waals surface area contributed by atoms with Gasteiger partial charge in [0.25, 0.3) is 0 Å². The zero-order valence-corrected chi connectivity index (χ0v) is 13.4.